The topological polar surface area (TPSA) is 54.6 Å². The first kappa shape index (κ1) is 12.6. The fourth-order valence-corrected chi connectivity index (χ4v) is 3.98. The van der Waals surface area contributed by atoms with Crippen molar-refractivity contribution in [2.75, 3.05) is 0 Å². The number of hydrogen-bond donors (Lipinski definition) is 1. The van der Waals surface area contributed by atoms with Crippen LogP contribution in [0.4, 0.5) is 0 Å². The SMILES string of the molecule is O=C(O)CCCc1csc2nc3c(n12)Cc1ccccc1-3. The molecule has 0 unspecified atom stereocenters. The van der Waals surface area contributed by atoms with Crippen LogP contribution in [-0.2, 0) is 17.6 Å². The van der Waals surface area contributed by atoms with Crippen LogP contribution in [0.15, 0.2) is 29.6 Å². The van der Waals surface area contributed by atoms with Gasteiger partial charge in [0.15, 0.2) is 4.96 Å². The molecule has 0 bridgehead atoms. The van der Waals surface area contributed by atoms with E-state index in [1.807, 2.05) is 0 Å². The molecule has 0 saturated carbocycles. The van der Waals surface area contributed by atoms with Crippen LogP contribution < -0.4 is 0 Å². The lowest BCUT2D eigenvalue weighted by Gasteiger charge is -2.01. The van der Waals surface area contributed by atoms with Crippen LogP contribution in [0.2, 0.25) is 0 Å². The Morgan fingerprint density at radius 2 is 2.24 bits per heavy atom. The highest BCUT2D eigenvalue weighted by Crippen LogP contribution is 2.38. The molecule has 1 aromatic carbocycles. The van der Waals surface area contributed by atoms with Gasteiger partial charge in [0, 0.05) is 29.5 Å². The van der Waals surface area contributed by atoms with Gasteiger partial charge in [0.1, 0.15) is 0 Å². The van der Waals surface area contributed by atoms with Crippen molar-refractivity contribution in [3.63, 3.8) is 0 Å². The number of nitrogens with zero attached hydrogens (tertiary/aromatic N) is 2. The molecule has 106 valence electrons. The normalized spacial score (nSPS) is 12.6. The van der Waals surface area contributed by atoms with E-state index in [-0.39, 0.29) is 6.42 Å². The van der Waals surface area contributed by atoms with Crippen LogP contribution >= 0.6 is 11.3 Å². The van der Waals surface area contributed by atoms with Crippen LogP contribution in [-0.4, -0.2) is 20.5 Å². The number of hydrogen-bond acceptors (Lipinski definition) is 3. The molecular formula is C16H14N2O2S. The second-order valence-corrected chi connectivity index (χ2v) is 6.17. The van der Waals surface area contributed by atoms with Crippen LogP contribution in [0.25, 0.3) is 16.2 Å². The number of imidazole rings is 1. The Hall–Kier alpha value is -2.14. The number of aliphatic carboxylic acids is 1. The summed E-state index contributed by atoms with van der Waals surface area (Å²) in [5.41, 5.74) is 6.08. The summed E-state index contributed by atoms with van der Waals surface area (Å²) < 4.78 is 2.22. The summed E-state index contributed by atoms with van der Waals surface area (Å²) in [6.45, 7) is 0. The standard InChI is InChI=1S/C16H14N2O2S/c19-14(20)7-3-5-11-9-21-16-17-15-12-6-2-1-4-10(12)8-13(15)18(11)16/h1-2,4,6,9H,3,5,7-8H2,(H,19,20). The minimum absolute atomic E-state index is 0.217. The Morgan fingerprint density at radius 1 is 1.38 bits per heavy atom. The van der Waals surface area contributed by atoms with E-state index in [9.17, 15) is 4.79 Å². The number of benzene rings is 1. The summed E-state index contributed by atoms with van der Waals surface area (Å²) in [6.07, 6.45) is 2.58. The average Bonchev–Trinajstić information content (AvgIpc) is 3.09. The highest BCUT2D eigenvalue weighted by atomic mass is 32.1. The number of aryl methyl sites for hydroxylation is 1. The molecule has 0 saturated heterocycles. The molecule has 21 heavy (non-hydrogen) atoms. The van der Waals surface area contributed by atoms with Gasteiger partial charge in [0.25, 0.3) is 0 Å². The molecule has 1 N–H and O–H groups in total. The van der Waals surface area contributed by atoms with E-state index in [0.717, 1.165) is 23.5 Å². The summed E-state index contributed by atoms with van der Waals surface area (Å²) in [5, 5.41) is 10.9. The zero-order valence-electron chi connectivity index (χ0n) is 11.4. The second kappa shape index (κ2) is 4.70. The molecule has 0 spiro atoms. The Morgan fingerprint density at radius 3 is 3.10 bits per heavy atom. The van der Waals surface area contributed by atoms with E-state index in [1.165, 1.54) is 22.5 Å². The van der Waals surface area contributed by atoms with Gasteiger partial charge < -0.3 is 5.11 Å². The number of fused-ring (bicyclic) bond motifs is 5. The zero-order valence-corrected chi connectivity index (χ0v) is 12.2. The molecule has 0 radical (unpaired) electrons. The van der Waals surface area contributed by atoms with Crippen LogP contribution in [0.1, 0.15) is 29.8 Å². The number of aromatic nitrogens is 2. The highest BCUT2D eigenvalue weighted by Gasteiger charge is 2.25. The Balaban J connectivity index is 1.73. The molecule has 0 fully saturated rings. The number of carboxylic acids is 1. The van der Waals surface area contributed by atoms with Gasteiger partial charge in [0.2, 0.25) is 0 Å². The third-order valence-corrected chi connectivity index (χ3v) is 4.86. The van der Waals surface area contributed by atoms with Crippen LogP contribution in [0, 0.1) is 0 Å². The molecule has 0 amide bonds. The minimum Gasteiger partial charge on any atom is -0.481 e. The van der Waals surface area contributed by atoms with Crippen molar-refractivity contribution in [1.29, 1.82) is 0 Å². The van der Waals surface area contributed by atoms with E-state index < -0.39 is 5.97 Å². The lowest BCUT2D eigenvalue weighted by molar-refractivity contribution is -0.137. The average molecular weight is 298 g/mol. The fraction of sp³-hybridized carbons (Fsp3) is 0.250. The van der Waals surface area contributed by atoms with Gasteiger partial charge >= 0.3 is 5.97 Å². The van der Waals surface area contributed by atoms with E-state index in [1.54, 1.807) is 11.3 Å². The van der Waals surface area contributed by atoms with Crippen molar-refractivity contribution in [3.05, 3.63) is 46.6 Å². The van der Waals surface area contributed by atoms with Crippen molar-refractivity contribution >= 4 is 22.3 Å². The molecule has 2 heterocycles. The number of thiazole rings is 1. The summed E-state index contributed by atoms with van der Waals surface area (Å²) in [7, 11) is 0. The molecule has 1 aliphatic rings. The molecule has 1 aliphatic carbocycles. The molecule has 2 aromatic heterocycles. The first-order valence-electron chi connectivity index (χ1n) is 7.02. The molecule has 4 rings (SSSR count). The van der Waals surface area contributed by atoms with Crippen molar-refractivity contribution < 1.29 is 9.90 Å². The summed E-state index contributed by atoms with van der Waals surface area (Å²) in [4.78, 5) is 16.4. The maximum absolute atomic E-state index is 10.7. The number of rotatable bonds is 4. The molecule has 4 nitrogen and oxygen atoms in total. The predicted octanol–water partition coefficient (Wildman–Crippen LogP) is 3.37. The monoisotopic (exact) mass is 298 g/mol. The van der Waals surface area contributed by atoms with Gasteiger partial charge in [-0.05, 0) is 18.4 Å². The van der Waals surface area contributed by atoms with E-state index >= 15 is 0 Å². The number of carboxylic acid groups (broad SMARTS) is 1. The smallest absolute Gasteiger partial charge is 0.303 e. The van der Waals surface area contributed by atoms with E-state index in [4.69, 9.17) is 10.1 Å². The lowest BCUT2D eigenvalue weighted by Crippen LogP contribution is -1.99. The van der Waals surface area contributed by atoms with Gasteiger partial charge in [-0.1, -0.05) is 24.3 Å². The molecule has 0 aliphatic heterocycles. The molecule has 5 heteroatoms. The van der Waals surface area contributed by atoms with Crippen LogP contribution in [0.3, 0.4) is 0 Å². The third kappa shape index (κ3) is 1.96. The van der Waals surface area contributed by atoms with Crippen molar-refractivity contribution in [2.24, 2.45) is 0 Å². The highest BCUT2D eigenvalue weighted by molar-refractivity contribution is 7.15. The first-order valence-corrected chi connectivity index (χ1v) is 7.90. The summed E-state index contributed by atoms with van der Waals surface area (Å²) >= 11 is 1.64. The predicted molar refractivity (Wildman–Crippen MR) is 81.9 cm³/mol. The van der Waals surface area contributed by atoms with Gasteiger partial charge in [-0.25, -0.2) is 4.98 Å². The third-order valence-electron chi connectivity index (χ3n) is 3.98. The van der Waals surface area contributed by atoms with Crippen molar-refractivity contribution in [1.82, 2.24) is 9.38 Å². The largest absolute Gasteiger partial charge is 0.481 e. The summed E-state index contributed by atoms with van der Waals surface area (Å²) in [5.74, 6) is -0.732. The molecule has 3 aromatic rings. The Labute approximate surface area is 125 Å². The fourth-order valence-electron chi connectivity index (χ4n) is 3.04. The van der Waals surface area contributed by atoms with Crippen LogP contribution in [0.5, 0.6) is 0 Å². The number of carbonyl (C=O) groups is 1. The second-order valence-electron chi connectivity index (χ2n) is 5.33. The van der Waals surface area contributed by atoms with Crippen molar-refractivity contribution in [3.8, 4) is 11.3 Å². The van der Waals surface area contributed by atoms with E-state index in [0.29, 0.717) is 6.42 Å². The summed E-state index contributed by atoms with van der Waals surface area (Å²) in [6, 6.07) is 8.39. The molecule has 0 atom stereocenters. The Kier molecular flexibility index (Phi) is 2.82. The maximum Gasteiger partial charge on any atom is 0.303 e. The minimum atomic E-state index is -0.732. The quantitative estimate of drug-likeness (QED) is 0.628. The van der Waals surface area contributed by atoms with Gasteiger partial charge in [-0.15, -0.1) is 11.3 Å². The lowest BCUT2D eigenvalue weighted by atomic mass is 10.1. The van der Waals surface area contributed by atoms with Gasteiger partial charge in [-0.2, -0.15) is 0 Å². The van der Waals surface area contributed by atoms with Gasteiger partial charge in [0.05, 0.1) is 11.4 Å². The Bertz CT molecular complexity index is 847. The zero-order chi connectivity index (χ0) is 14.4. The first-order chi connectivity index (χ1) is 10.2. The molecular weight excluding hydrogens is 284 g/mol. The van der Waals surface area contributed by atoms with Gasteiger partial charge in [-0.3, -0.25) is 9.20 Å². The van der Waals surface area contributed by atoms with Crippen molar-refractivity contribution in [2.45, 2.75) is 25.7 Å². The van der Waals surface area contributed by atoms with E-state index in [2.05, 4.69) is 34.0 Å². The maximum atomic E-state index is 10.7.